The summed E-state index contributed by atoms with van der Waals surface area (Å²) in [5.74, 6) is 0. The van der Waals surface area contributed by atoms with Crippen molar-refractivity contribution in [3.05, 3.63) is 16.1 Å². The van der Waals surface area contributed by atoms with Crippen LogP contribution in [0, 0.1) is 0 Å². The maximum Gasteiger partial charge on any atom is 0.183 e. The van der Waals surface area contributed by atoms with E-state index in [1.54, 1.807) is 11.3 Å². The summed E-state index contributed by atoms with van der Waals surface area (Å²) in [5.41, 5.74) is 2.31. The Balaban J connectivity index is 2.27. The van der Waals surface area contributed by atoms with Crippen molar-refractivity contribution in [3.8, 4) is 10.6 Å². The summed E-state index contributed by atoms with van der Waals surface area (Å²) in [4.78, 5) is 10.8. The fraction of sp³-hybridized carbons (Fsp3) is 0.600. The van der Waals surface area contributed by atoms with Crippen molar-refractivity contribution in [3.63, 3.8) is 0 Å². The van der Waals surface area contributed by atoms with Crippen LogP contribution in [0.5, 0.6) is 0 Å². The second-order valence-corrected chi connectivity index (χ2v) is 7.16. The molecule has 5 heteroatoms. The van der Waals surface area contributed by atoms with E-state index >= 15 is 0 Å². The minimum atomic E-state index is 0.418. The fourth-order valence-corrected chi connectivity index (χ4v) is 4.11. The number of anilines is 1. The quantitative estimate of drug-likeness (QED) is 0.782. The fourth-order valence-electron chi connectivity index (χ4n) is 2.02. The van der Waals surface area contributed by atoms with Gasteiger partial charge in [-0.05, 0) is 33.1 Å². The van der Waals surface area contributed by atoms with E-state index in [4.69, 9.17) is 9.97 Å². The average Bonchev–Trinajstić information content (AvgIpc) is 2.97. The predicted molar refractivity (Wildman–Crippen MR) is 90.0 cm³/mol. The molecule has 0 atom stereocenters. The molecule has 110 valence electrons. The molecule has 3 nitrogen and oxygen atoms in total. The highest BCUT2D eigenvalue weighted by Crippen LogP contribution is 2.34. The van der Waals surface area contributed by atoms with Crippen LogP contribution >= 0.6 is 22.7 Å². The number of thiazole rings is 2. The maximum absolute atomic E-state index is 4.80. The lowest BCUT2D eigenvalue weighted by atomic mass is 10.2. The zero-order chi connectivity index (χ0) is 14.5. The average molecular weight is 310 g/mol. The van der Waals surface area contributed by atoms with Crippen molar-refractivity contribution in [1.29, 1.82) is 0 Å². The van der Waals surface area contributed by atoms with Crippen molar-refractivity contribution < 1.29 is 0 Å². The van der Waals surface area contributed by atoms with Gasteiger partial charge in [-0.1, -0.05) is 20.3 Å². The lowest BCUT2D eigenvalue weighted by Crippen LogP contribution is -2.08. The zero-order valence-corrected chi connectivity index (χ0v) is 14.3. The SMILES string of the molecule is CCCc1nc(CCC)c(-c2csc(NC(C)C)n2)s1. The van der Waals surface area contributed by atoms with Gasteiger partial charge in [0.25, 0.3) is 0 Å². The number of hydrogen-bond donors (Lipinski definition) is 1. The molecule has 2 rings (SSSR count). The minimum Gasteiger partial charge on any atom is -0.359 e. The summed E-state index contributed by atoms with van der Waals surface area (Å²) in [6.45, 7) is 8.68. The van der Waals surface area contributed by atoms with Gasteiger partial charge in [-0.25, -0.2) is 9.97 Å². The van der Waals surface area contributed by atoms with Crippen LogP contribution in [0.3, 0.4) is 0 Å². The van der Waals surface area contributed by atoms with E-state index in [2.05, 4.69) is 38.4 Å². The van der Waals surface area contributed by atoms with Crippen LogP contribution in [0.1, 0.15) is 51.2 Å². The first-order chi connectivity index (χ1) is 9.63. The Bertz CT molecular complexity index is 543. The topological polar surface area (TPSA) is 37.8 Å². The number of rotatable bonds is 7. The molecule has 0 amide bonds. The third-order valence-corrected chi connectivity index (χ3v) is 4.79. The Morgan fingerprint density at radius 2 is 1.90 bits per heavy atom. The smallest absolute Gasteiger partial charge is 0.183 e. The predicted octanol–water partition coefficient (Wildman–Crippen LogP) is 4.99. The van der Waals surface area contributed by atoms with Gasteiger partial charge in [-0.3, -0.25) is 0 Å². The van der Waals surface area contributed by atoms with Crippen molar-refractivity contribution >= 4 is 27.8 Å². The van der Waals surface area contributed by atoms with Crippen molar-refractivity contribution in [2.45, 2.75) is 59.4 Å². The van der Waals surface area contributed by atoms with E-state index in [1.165, 1.54) is 15.6 Å². The number of aryl methyl sites for hydroxylation is 2. The van der Waals surface area contributed by atoms with E-state index in [1.807, 2.05) is 11.3 Å². The molecule has 0 unspecified atom stereocenters. The monoisotopic (exact) mass is 309 g/mol. The van der Waals surface area contributed by atoms with E-state index in [-0.39, 0.29) is 0 Å². The number of aromatic nitrogens is 2. The highest BCUT2D eigenvalue weighted by molar-refractivity contribution is 7.16. The van der Waals surface area contributed by atoms with Crippen LogP contribution in [-0.4, -0.2) is 16.0 Å². The molecule has 0 spiro atoms. The second kappa shape index (κ2) is 7.18. The number of nitrogens with zero attached hydrogens (tertiary/aromatic N) is 2. The third kappa shape index (κ3) is 3.79. The van der Waals surface area contributed by atoms with Crippen molar-refractivity contribution in [2.24, 2.45) is 0 Å². The number of hydrogen-bond acceptors (Lipinski definition) is 5. The summed E-state index contributed by atoms with van der Waals surface area (Å²) in [5, 5.41) is 7.77. The molecule has 0 bridgehead atoms. The summed E-state index contributed by atoms with van der Waals surface area (Å²) < 4.78 is 0. The lowest BCUT2D eigenvalue weighted by Gasteiger charge is -2.04. The molecule has 2 aromatic heterocycles. The molecule has 0 radical (unpaired) electrons. The Morgan fingerprint density at radius 3 is 2.55 bits per heavy atom. The molecule has 0 aliphatic heterocycles. The third-order valence-electron chi connectivity index (χ3n) is 2.84. The van der Waals surface area contributed by atoms with Gasteiger partial charge in [-0.2, -0.15) is 0 Å². The summed E-state index contributed by atoms with van der Waals surface area (Å²) in [6, 6.07) is 0.418. The van der Waals surface area contributed by atoms with Crippen LogP contribution in [0.25, 0.3) is 10.6 Å². The molecule has 0 saturated carbocycles. The molecular formula is C15H23N3S2. The van der Waals surface area contributed by atoms with Crippen LogP contribution in [-0.2, 0) is 12.8 Å². The Labute approximate surface area is 129 Å². The van der Waals surface area contributed by atoms with Crippen molar-refractivity contribution in [1.82, 2.24) is 9.97 Å². The molecule has 2 heterocycles. The van der Waals surface area contributed by atoms with E-state index in [9.17, 15) is 0 Å². The number of nitrogens with one attached hydrogen (secondary N) is 1. The van der Waals surface area contributed by atoms with Gasteiger partial charge in [0.2, 0.25) is 0 Å². The van der Waals surface area contributed by atoms with Gasteiger partial charge in [-0.15, -0.1) is 22.7 Å². The van der Waals surface area contributed by atoms with E-state index < -0.39 is 0 Å². The van der Waals surface area contributed by atoms with Gasteiger partial charge in [0.1, 0.15) is 0 Å². The Morgan fingerprint density at radius 1 is 1.15 bits per heavy atom. The molecule has 2 aromatic rings. The molecule has 0 aliphatic rings. The van der Waals surface area contributed by atoms with Gasteiger partial charge < -0.3 is 5.32 Å². The van der Waals surface area contributed by atoms with Crippen LogP contribution in [0.2, 0.25) is 0 Å². The first-order valence-electron chi connectivity index (χ1n) is 7.35. The summed E-state index contributed by atoms with van der Waals surface area (Å²) in [6.07, 6.45) is 4.39. The molecule has 1 N–H and O–H groups in total. The second-order valence-electron chi connectivity index (χ2n) is 5.22. The zero-order valence-electron chi connectivity index (χ0n) is 12.7. The molecule has 0 aliphatic carbocycles. The largest absolute Gasteiger partial charge is 0.359 e. The first-order valence-corrected chi connectivity index (χ1v) is 9.04. The Kier molecular flexibility index (Phi) is 5.54. The van der Waals surface area contributed by atoms with Crippen LogP contribution in [0.15, 0.2) is 5.38 Å². The minimum absolute atomic E-state index is 0.418. The van der Waals surface area contributed by atoms with E-state index in [0.29, 0.717) is 6.04 Å². The normalized spacial score (nSPS) is 11.2. The standard InChI is InChI=1S/C15H23N3S2/c1-5-7-11-14(20-13(17-11)8-6-2)12-9-19-15(18-12)16-10(3)4/h9-10H,5-8H2,1-4H3,(H,16,18). The van der Waals surface area contributed by atoms with Crippen LogP contribution in [0.4, 0.5) is 5.13 Å². The molecule has 0 saturated heterocycles. The van der Waals surface area contributed by atoms with Crippen LogP contribution < -0.4 is 5.32 Å². The first kappa shape index (κ1) is 15.4. The molecule has 0 fully saturated rings. The highest BCUT2D eigenvalue weighted by atomic mass is 32.1. The molecular weight excluding hydrogens is 286 g/mol. The molecule has 0 aromatic carbocycles. The van der Waals surface area contributed by atoms with Gasteiger partial charge in [0, 0.05) is 11.4 Å². The van der Waals surface area contributed by atoms with Crippen molar-refractivity contribution in [2.75, 3.05) is 5.32 Å². The maximum atomic E-state index is 4.80. The summed E-state index contributed by atoms with van der Waals surface area (Å²) in [7, 11) is 0. The van der Waals surface area contributed by atoms with Gasteiger partial charge >= 0.3 is 0 Å². The summed E-state index contributed by atoms with van der Waals surface area (Å²) >= 11 is 3.49. The van der Waals surface area contributed by atoms with E-state index in [0.717, 1.165) is 36.5 Å². The van der Waals surface area contributed by atoms with Gasteiger partial charge in [0.15, 0.2) is 5.13 Å². The highest BCUT2D eigenvalue weighted by Gasteiger charge is 2.15. The Hall–Kier alpha value is -0.940. The molecule has 20 heavy (non-hydrogen) atoms. The lowest BCUT2D eigenvalue weighted by molar-refractivity contribution is 0.858. The van der Waals surface area contributed by atoms with Gasteiger partial charge in [0.05, 0.1) is 21.3 Å².